The molecule has 0 spiro atoms. The summed E-state index contributed by atoms with van der Waals surface area (Å²) in [6, 6.07) is 5.41. The zero-order valence-corrected chi connectivity index (χ0v) is 10.2. The van der Waals surface area contributed by atoms with Crippen molar-refractivity contribution in [1.29, 1.82) is 0 Å². The highest BCUT2D eigenvalue weighted by Gasteiger charge is 2.09. The van der Waals surface area contributed by atoms with Gasteiger partial charge in [-0.25, -0.2) is 8.78 Å². The quantitative estimate of drug-likeness (QED) is 0.792. The van der Waals surface area contributed by atoms with Crippen LogP contribution in [0.2, 0.25) is 0 Å². The Balaban J connectivity index is 2.30. The molecule has 1 aromatic heterocycles. The minimum Gasteiger partial charge on any atom is -0.370 e. The van der Waals surface area contributed by atoms with E-state index in [2.05, 4.69) is 20.6 Å². The van der Waals surface area contributed by atoms with E-state index in [0.29, 0.717) is 12.4 Å². The molecule has 0 amide bonds. The van der Waals surface area contributed by atoms with Gasteiger partial charge in [-0.05, 0) is 19.1 Å². The highest BCUT2D eigenvalue weighted by atomic mass is 19.2. The molecule has 19 heavy (non-hydrogen) atoms. The molecular formula is C12H13F2N5. The van der Waals surface area contributed by atoms with Crippen LogP contribution in [-0.2, 0) is 0 Å². The number of hydrogen-bond acceptors (Lipinski definition) is 5. The molecule has 5 nitrogen and oxygen atoms in total. The highest BCUT2D eigenvalue weighted by molar-refractivity contribution is 5.61. The number of nitrogens with one attached hydrogen (secondary N) is 2. The van der Waals surface area contributed by atoms with Gasteiger partial charge in [-0.15, -0.1) is 0 Å². The van der Waals surface area contributed by atoms with E-state index >= 15 is 0 Å². The van der Waals surface area contributed by atoms with Crippen molar-refractivity contribution in [3.8, 4) is 0 Å². The van der Waals surface area contributed by atoms with Crippen molar-refractivity contribution < 1.29 is 8.78 Å². The second kappa shape index (κ2) is 5.47. The van der Waals surface area contributed by atoms with Crippen LogP contribution in [0.1, 0.15) is 6.92 Å². The van der Waals surface area contributed by atoms with Crippen molar-refractivity contribution in [2.24, 2.45) is 0 Å². The molecule has 0 fully saturated rings. The van der Waals surface area contributed by atoms with E-state index in [9.17, 15) is 8.78 Å². The fraction of sp³-hybridized carbons (Fsp3) is 0.167. The monoisotopic (exact) mass is 265 g/mol. The van der Waals surface area contributed by atoms with Crippen LogP contribution in [0.25, 0.3) is 0 Å². The van der Waals surface area contributed by atoms with E-state index in [1.807, 2.05) is 6.92 Å². The number of halogens is 2. The van der Waals surface area contributed by atoms with Crippen molar-refractivity contribution in [3.63, 3.8) is 0 Å². The van der Waals surface area contributed by atoms with Crippen LogP contribution in [0.5, 0.6) is 0 Å². The van der Waals surface area contributed by atoms with Gasteiger partial charge in [-0.2, -0.15) is 9.97 Å². The number of nitrogens with two attached hydrogens (primary N) is 1. The first-order valence-corrected chi connectivity index (χ1v) is 5.69. The lowest BCUT2D eigenvalue weighted by molar-refractivity contribution is 0.511. The predicted molar refractivity (Wildman–Crippen MR) is 70.2 cm³/mol. The van der Waals surface area contributed by atoms with E-state index in [4.69, 9.17) is 5.73 Å². The zero-order valence-electron chi connectivity index (χ0n) is 10.2. The first-order valence-electron chi connectivity index (χ1n) is 5.69. The smallest absolute Gasteiger partial charge is 0.223 e. The maximum Gasteiger partial charge on any atom is 0.223 e. The number of nitrogens with zero attached hydrogens (tertiary/aromatic N) is 2. The molecule has 0 unspecified atom stereocenters. The lowest BCUT2D eigenvalue weighted by Gasteiger charge is -2.09. The van der Waals surface area contributed by atoms with Gasteiger partial charge in [-0.1, -0.05) is 6.07 Å². The Kier molecular flexibility index (Phi) is 3.74. The van der Waals surface area contributed by atoms with Gasteiger partial charge in [0.25, 0.3) is 0 Å². The number of nitrogen functional groups attached to an aromatic ring is 1. The third-order valence-corrected chi connectivity index (χ3v) is 2.32. The Morgan fingerprint density at radius 3 is 2.68 bits per heavy atom. The SMILES string of the molecule is CCNc1cc(Nc2cccc(F)c2F)nc(N)n1. The topological polar surface area (TPSA) is 75.9 Å². The number of hydrogen-bond donors (Lipinski definition) is 3. The lowest BCUT2D eigenvalue weighted by Crippen LogP contribution is -2.06. The number of rotatable bonds is 4. The molecule has 1 heterocycles. The van der Waals surface area contributed by atoms with Crippen LogP contribution in [-0.4, -0.2) is 16.5 Å². The third kappa shape index (κ3) is 3.06. The second-order valence-corrected chi connectivity index (χ2v) is 3.75. The molecule has 0 aliphatic rings. The molecule has 7 heteroatoms. The maximum absolute atomic E-state index is 13.5. The van der Waals surface area contributed by atoms with Gasteiger partial charge >= 0.3 is 0 Å². The summed E-state index contributed by atoms with van der Waals surface area (Å²) in [5, 5.41) is 5.63. The summed E-state index contributed by atoms with van der Waals surface area (Å²) in [7, 11) is 0. The average Bonchev–Trinajstić information content (AvgIpc) is 2.35. The summed E-state index contributed by atoms with van der Waals surface area (Å²) in [5.74, 6) is -1.07. The Morgan fingerprint density at radius 2 is 1.95 bits per heavy atom. The molecule has 0 radical (unpaired) electrons. The molecule has 0 aliphatic carbocycles. The molecule has 2 rings (SSSR count). The summed E-state index contributed by atoms with van der Waals surface area (Å²) in [4.78, 5) is 7.86. The van der Waals surface area contributed by atoms with Gasteiger partial charge in [0.15, 0.2) is 11.6 Å². The number of benzene rings is 1. The minimum absolute atomic E-state index is 0.0134. The Hall–Kier alpha value is -2.44. The van der Waals surface area contributed by atoms with Gasteiger partial charge in [0.1, 0.15) is 11.6 Å². The zero-order chi connectivity index (χ0) is 13.8. The van der Waals surface area contributed by atoms with Crippen molar-refractivity contribution in [3.05, 3.63) is 35.9 Å². The Labute approximate surface area is 108 Å². The maximum atomic E-state index is 13.5. The van der Waals surface area contributed by atoms with E-state index in [-0.39, 0.29) is 17.5 Å². The van der Waals surface area contributed by atoms with Crippen LogP contribution in [0, 0.1) is 11.6 Å². The number of aromatic nitrogens is 2. The largest absolute Gasteiger partial charge is 0.370 e. The fourth-order valence-corrected chi connectivity index (χ4v) is 1.54. The standard InChI is InChI=1S/C12H13F2N5/c1-2-16-9-6-10(19-12(15)18-9)17-8-5-3-4-7(13)11(8)14/h3-6H,2H2,1H3,(H4,15,16,17,18,19). The molecule has 1 aromatic carbocycles. The van der Waals surface area contributed by atoms with E-state index in [1.165, 1.54) is 12.1 Å². The molecule has 4 N–H and O–H groups in total. The fourth-order valence-electron chi connectivity index (χ4n) is 1.54. The van der Waals surface area contributed by atoms with Gasteiger partial charge in [-0.3, -0.25) is 0 Å². The van der Waals surface area contributed by atoms with Crippen LogP contribution in [0.3, 0.4) is 0 Å². The van der Waals surface area contributed by atoms with E-state index in [1.54, 1.807) is 6.07 Å². The Bertz CT molecular complexity index is 588. The lowest BCUT2D eigenvalue weighted by atomic mass is 10.3. The highest BCUT2D eigenvalue weighted by Crippen LogP contribution is 2.22. The summed E-state index contributed by atoms with van der Waals surface area (Å²) < 4.78 is 26.6. The molecule has 100 valence electrons. The van der Waals surface area contributed by atoms with E-state index < -0.39 is 11.6 Å². The molecule has 0 saturated heterocycles. The molecule has 0 saturated carbocycles. The first kappa shape index (κ1) is 13.0. The summed E-state index contributed by atoms with van der Waals surface area (Å²) in [6.07, 6.45) is 0. The van der Waals surface area contributed by atoms with Gasteiger partial charge < -0.3 is 16.4 Å². The van der Waals surface area contributed by atoms with Crippen LogP contribution < -0.4 is 16.4 Å². The van der Waals surface area contributed by atoms with E-state index in [0.717, 1.165) is 6.07 Å². The van der Waals surface area contributed by atoms with Gasteiger partial charge in [0, 0.05) is 12.6 Å². The van der Waals surface area contributed by atoms with Crippen molar-refractivity contribution in [2.45, 2.75) is 6.92 Å². The second-order valence-electron chi connectivity index (χ2n) is 3.75. The third-order valence-electron chi connectivity index (χ3n) is 2.32. The molecule has 0 bridgehead atoms. The van der Waals surface area contributed by atoms with Crippen LogP contribution in [0.4, 0.5) is 32.1 Å². The summed E-state index contributed by atoms with van der Waals surface area (Å²) >= 11 is 0. The first-order chi connectivity index (χ1) is 9.10. The average molecular weight is 265 g/mol. The van der Waals surface area contributed by atoms with Crippen molar-refractivity contribution in [2.75, 3.05) is 22.9 Å². The van der Waals surface area contributed by atoms with Crippen LogP contribution in [0.15, 0.2) is 24.3 Å². The van der Waals surface area contributed by atoms with Crippen LogP contribution >= 0.6 is 0 Å². The molecule has 0 atom stereocenters. The normalized spacial score (nSPS) is 10.3. The predicted octanol–water partition coefficient (Wildman–Crippen LogP) is 2.51. The molecular weight excluding hydrogens is 252 g/mol. The van der Waals surface area contributed by atoms with Crippen molar-refractivity contribution >= 4 is 23.3 Å². The number of anilines is 4. The van der Waals surface area contributed by atoms with Crippen molar-refractivity contribution in [1.82, 2.24) is 9.97 Å². The minimum atomic E-state index is -0.968. The van der Waals surface area contributed by atoms with Gasteiger partial charge in [0.05, 0.1) is 5.69 Å². The summed E-state index contributed by atoms with van der Waals surface area (Å²) in [6.45, 7) is 2.56. The molecule has 0 aliphatic heterocycles. The Morgan fingerprint density at radius 1 is 1.21 bits per heavy atom. The molecule has 2 aromatic rings. The van der Waals surface area contributed by atoms with Gasteiger partial charge in [0.2, 0.25) is 5.95 Å². The summed E-state index contributed by atoms with van der Waals surface area (Å²) in [5.41, 5.74) is 5.53.